The van der Waals surface area contributed by atoms with Crippen molar-refractivity contribution in [3.05, 3.63) is 223 Å². The van der Waals surface area contributed by atoms with Crippen molar-refractivity contribution in [3.8, 4) is 34.3 Å². The van der Waals surface area contributed by atoms with Crippen LogP contribution in [0.3, 0.4) is 0 Å². The fourth-order valence-electron chi connectivity index (χ4n) is 13.8. The van der Waals surface area contributed by atoms with Gasteiger partial charge in [-0.1, -0.05) is 79.6 Å². The van der Waals surface area contributed by atoms with E-state index in [-0.39, 0.29) is 112 Å². The van der Waals surface area contributed by atoms with Crippen LogP contribution in [0.15, 0.2) is 183 Å². The molecule has 6 aliphatic rings. The number of nitrogens with zero attached hydrogens (tertiary/aromatic N) is 13. The van der Waals surface area contributed by atoms with Crippen molar-refractivity contribution in [2.45, 2.75) is 166 Å². The van der Waals surface area contributed by atoms with Gasteiger partial charge in [0.05, 0.1) is 103 Å². The zero-order chi connectivity index (χ0) is 72.7. The number of ketones is 1. The number of halogens is 1. The molecule has 1 unspecified atom stereocenters. The normalized spacial score (nSPS) is 20.3. The van der Waals surface area contributed by atoms with E-state index in [1.807, 2.05) is 150 Å². The monoisotopic (exact) mass is 1510 g/mol. The second kappa shape index (κ2) is 37.4. The molecule has 15 rings (SSSR count). The number of benzene rings is 6. The number of piperidine rings is 3. The van der Waals surface area contributed by atoms with Crippen LogP contribution in [-0.2, 0) is 10.4 Å². The zero-order valence-electron chi connectivity index (χ0n) is 61.3. The van der Waals surface area contributed by atoms with Gasteiger partial charge in [0, 0.05) is 42.2 Å². The van der Waals surface area contributed by atoms with E-state index in [0.717, 1.165) is 92.6 Å². The quantitative estimate of drug-likeness (QED) is 0.0363. The first-order chi connectivity index (χ1) is 50.5. The van der Waals surface area contributed by atoms with E-state index in [9.17, 15) is 29.1 Å². The van der Waals surface area contributed by atoms with Gasteiger partial charge in [-0.15, -0.1) is 6.42 Å². The maximum Gasteiger partial charge on any atom is 2.00 e. The van der Waals surface area contributed by atoms with Crippen LogP contribution in [0.4, 0.5) is 0 Å². The van der Waals surface area contributed by atoms with Crippen molar-refractivity contribution >= 4 is 52.5 Å². The number of aromatic nitrogens is 9. The molecule has 25 heteroatoms. The second-order valence-corrected chi connectivity index (χ2v) is 27.9. The third-order valence-electron chi connectivity index (χ3n) is 20.9. The number of amides is 4. The molecule has 23 nitrogen and oxygen atoms in total. The molecular formula is C81H94BrMgN13O10. The molecule has 4 amide bonds. The molecule has 0 spiro atoms. The van der Waals surface area contributed by atoms with Crippen molar-refractivity contribution in [2.24, 2.45) is 11.8 Å². The molecule has 0 radical (unpaired) electrons. The average molecular weight is 1510 g/mol. The zero-order valence-corrected chi connectivity index (χ0v) is 64.3. The Morgan fingerprint density at radius 2 is 0.821 bits per heavy atom. The minimum absolute atomic E-state index is 0. The number of carbonyl (C=O) groups excluding carboxylic acids is 5. The van der Waals surface area contributed by atoms with E-state index < -0.39 is 5.60 Å². The molecule has 3 aliphatic carbocycles. The van der Waals surface area contributed by atoms with E-state index in [0.29, 0.717) is 76.4 Å². The fourth-order valence-corrected chi connectivity index (χ4v) is 13.8. The molecule has 0 bridgehead atoms. The molecule has 552 valence electrons. The molecule has 6 fully saturated rings. The van der Waals surface area contributed by atoms with E-state index >= 15 is 0 Å². The largest absolute Gasteiger partial charge is 2.00 e. The number of Topliss-reactive ketones (excluding diaryl/α,β-unsaturated/α-hetero) is 1. The molecular weight excluding hydrogens is 1420 g/mol. The van der Waals surface area contributed by atoms with Crippen LogP contribution in [0.25, 0.3) is 17.1 Å². The molecule has 106 heavy (non-hydrogen) atoms. The Morgan fingerprint density at radius 1 is 0.472 bits per heavy atom. The van der Waals surface area contributed by atoms with Crippen LogP contribution in [0.5, 0.6) is 17.2 Å². The van der Waals surface area contributed by atoms with Gasteiger partial charge in [-0.2, -0.15) is 57.8 Å². The molecule has 6 aromatic carbocycles. The van der Waals surface area contributed by atoms with Crippen molar-refractivity contribution in [3.63, 3.8) is 0 Å². The molecule has 6 heterocycles. The second-order valence-electron chi connectivity index (χ2n) is 27.9. The summed E-state index contributed by atoms with van der Waals surface area (Å²) in [5.74, 6) is 2.23. The van der Waals surface area contributed by atoms with Gasteiger partial charge in [0.2, 0.25) is 0 Å². The number of hydrogen-bond acceptors (Lipinski definition) is 16. The number of ether oxygens (including phenoxy) is 3. The van der Waals surface area contributed by atoms with Gasteiger partial charge >= 0.3 is 23.1 Å². The number of hydroxylamine groups is 2. The molecule has 3 aromatic heterocycles. The Labute approximate surface area is 646 Å². The molecule has 9 aromatic rings. The maximum atomic E-state index is 13.6. The minimum Gasteiger partial charge on any atom is -1.00 e. The molecule has 1 N–H and O–H groups in total. The standard InChI is InChI=1S/C27H32N4O3.C26H28N4O3.C24H27N5O4.C4H7.BrH.Mg/c1-19-13-14-23(34-22-10-6-9-21(17-22)27(2,33)20-7-5-8-20)18-30(19)26(32)24-11-3-4-12-25(24)31-28-15-16-29-31;1-18-12-13-22(33-21-9-5-8-20(16-21)25(31)19-6-4-7-19)17-29(18)26(32)23-10-2-3-11-24(23)30-27-14-15-28-30;1-17-11-12-20(33-19-8-6-7-18(15-19)23(30)27(2)32-3)16-28(17)24(31)21-9-4-5-10-22(21)29-25-13-14-26-29;1-2-4-3-1;;/h3-4,6,9-12,15-17,19-20,23,33H,5,7-8,13-14,18H2,1-2H3;2-3,5,8-11,14-16,18-19,22H,4,6-7,12-13,17H2,1H3;4-10,13-15,17,20H,11-12,16H2,1-3H3;1H,2-4H2;1H;/q;;;-1;;+2/p-1/t19-,23-,27?;18-,22-;17-,20-;;;/m111.../s1. The average Bonchev–Trinajstić information content (AvgIpc) is 0.985. The third kappa shape index (κ3) is 19.3. The minimum atomic E-state index is -0.842. The first-order valence-corrected chi connectivity index (χ1v) is 36.5. The topological polar surface area (TPSA) is 248 Å². The summed E-state index contributed by atoms with van der Waals surface area (Å²) in [6.07, 6.45) is 27.1. The number of rotatable bonds is 18. The Bertz CT molecular complexity index is 4170. The van der Waals surface area contributed by atoms with Crippen molar-refractivity contribution in [1.29, 1.82) is 0 Å². The van der Waals surface area contributed by atoms with Crippen LogP contribution in [-0.4, -0.2) is 193 Å². The summed E-state index contributed by atoms with van der Waals surface area (Å²) in [5, 5.41) is 37.4. The summed E-state index contributed by atoms with van der Waals surface area (Å²) in [6, 6.07) is 44.7. The Hall–Kier alpha value is -9.14. The van der Waals surface area contributed by atoms with Crippen LogP contribution in [0.1, 0.15) is 181 Å². The van der Waals surface area contributed by atoms with Crippen LogP contribution in [0, 0.1) is 18.3 Å². The van der Waals surface area contributed by atoms with Crippen molar-refractivity contribution in [2.75, 3.05) is 33.8 Å². The van der Waals surface area contributed by atoms with Gasteiger partial charge in [-0.05, 0) is 182 Å². The summed E-state index contributed by atoms with van der Waals surface area (Å²) in [5.41, 5.74) is 4.87. The summed E-state index contributed by atoms with van der Waals surface area (Å²) in [7, 11) is 2.99. The number of aliphatic hydroxyl groups is 1. The summed E-state index contributed by atoms with van der Waals surface area (Å²) < 4.78 is 18.8. The number of para-hydroxylation sites is 3. The molecule has 7 atom stereocenters. The van der Waals surface area contributed by atoms with Gasteiger partial charge < -0.3 is 57.4 Å². The third-order valence-corrected chi connectivity index (χ3v) is 20.9. The molecule has 3 aliphatic heterocycles. The number of hydrogen-bond donors (Lipinski definition) is 1. The van der Waals surface area contributed by atoms with Crippen LogP contribution < -0.4 is 31.2 Å². The van der Waals surface area contributed by atoms with E-state index in [1.165, 1.54) is 47.2 Å². The van der Waals surface area contributed by atoms with Gasteiger partial charge in [0.1, 0.15) is 35.6 Å². The van der Waals surface area contributed by atoms with Crippen molar-refractivity contribution < 1.29 is 65.1 Å². The maximum absolute atomic E-state index is 13.6. The Morgan fingerprint density at radius 3 is 1.17 bits per heavy atom. The van der Waals surface area contributed by atoms with E-state index in [1.54, 1.807) is 68.5 Å². The summed E-state index contributed by atoms with van der Waals surface area (Å²) in [6.45, 7) is 9.54. The van der Waals surface area contributed by atoms with Crippen LogP contribution >= 0.6 is 0 Å². The summed E-state index contributed by atoms with van der Waals surface area (Å²) >= 11 is 0. The SMILES string of the molecule is CON(C)C(=O)c1cccc(O[C@@H]2CC[C@@H](C)N(C(=O)c3ccccc3-n3nccn3)C2)c1.C[C@@H]1CC[C@@H](Oc2cccc(C(=O)C3CCC3)c2)CN1C(=O)c1ccccc1-n1nccn1.C[C@@H]1CC[C@@H](Oc2cccc(C(C)(O)C3CCC3)c2)CN1C(=O)c1ccccc1-n1nccn1.[Br-].[CH-]1CCC1.[Mg+2]. The fraction of sp³-hybridized carbons (Fsp3) is 0.407. The predicted molar refractivity (Wildman–Crippen MR) is 397 cm³/mol. The Balaban J connectivity index is 0.000000164. The molecule has 3 saturated carbocycles. The van der Waals surface area contributed by atoms with E-state index in [4.69, 9.17) is 19.0 Å². The number of likely N-dealkylation sites (tertiary alicyclic amines) is 3. The van der Waals surface area contributed by atoms with Gasteiger partial charge in [0.15, 0.2) is 5.78 Å². The van der Waals surface area contributed by atoms with Gasteiger partial charge in [-0.3, -0.25) is 28.8 Å². The predicted octanol–water partition coefficient (Wildman–Crippen LogP) is 9.64. The van der Waals surface area contributed by atoms with Crippen LogP contribution in [0.2, 0.25) is 0 Å². The number of carbonyl (C=O) groups is 5. The van der Waals surface area contributed by atoms with E-state index in [2.05, 4.69) is 50.9 Å². The summed E-state index contributed by atoms with van der Waals surface area (Å²) in [4.78, 5) is 80.6. The Kier molecular flexibility index (Phi) is 28.0. The van der Waals surface area contributed by atoms with Crippen molar-refractivity contribution in [1.82, 2.24) is 64.7 Å². The van der Waals surface area contributed by atoms with Gasteiger partial charge in [0.25, 0.3) is 23.6 Å². The first kappa shape index (κ1) is 79.4. The van der Waals surface area contributed by atoms with Gasteiger partial charge in [-0.25, -0.2) is 5.06 Å². The smallest absolute Gasteiger partial charge is 1.00 e. The molecule has 3 saturated heterocycles. The first-order valence-electron chi connectivity index (χ1n) is 36.5.